The second-order valence-corrected chi connectivity index (χ2v) is 6.16. The standard InChI is InChI=1S/C15H23BrN2O2/c1-4-13(12-7-11(16)5-6-14(12)19)17-9-15(20)18-8-10(2)3/h5-7,10,13,17,19H,4,8-9H2,1-3H3,(H,18,20). The molecule has 0 spiro atoms. The van der Waals surface area contributed by atoms with Crippen molar-refractivity contribution in [3.05, 3.63) is 28.2 Å². The number of rotatable bonds is 7. The Morgan fingerprint density at radius 2 is 2.10 bits per heavy atom. The second kappa shape index (κ2) is 8.27. The van der Waals surface area contributed by atoms with Gasteiger partial charge in [0.2, 0.25) is 5.91 Å². The van der Waals surface area contributed by atoms with Gasteiger partial charge in [0.25, 0.3) is 0 Å². The summed E-state index contributed by atoms with van der Waals surface area (Å²) in [5.41, 5.74) is 0.804. The molecule has 0 heterocycles. The Kier molecular flexibility index (Phi) is 7.02. The van der Waals surface area contributed by atoms with Crippen LogP contribution in [0, 0.1) is 5.92 Å². The monoisotopic (exact) mass is 342 g/mol. The molecular formula is C15H23BrN2O2. The van der Waals surface area contributed by atoms with Crippen molar-refractivity contribution in [1.29, 1.82) is 0 Å². The normalized spacial score (nSPS) is 12.4. The number of amides is 1. The summed E-state index contributed by atoms with van der Waals surface area (Å²) in [6.07, 6.45) is 0.793. The summed E-state index contributed by atoms with van der Waals surface area (Å²) in [4.78, 5) is 11.7. The summed E-state index contributed by atoms with van der Waals surface area (Å²) >= 11 is 3.40. The molecule has 112 valence electrons. The fourth-order valence-corrected chi connectivity index (χ4v) is 2.25. The number of carbonyl (C=O) groups excluding carboxylic acids is 1. The molecule has 20 heavy (non-hydrogen) atoms. The lowest BCUT2D eigenvalue weighted by Gasteiger charge is -2.19. The van der Waals surface area contributed by atoms with Crippen LogP contribution in [0.1, 0.15) is 38.8 Å². The van der Waals surface area contributed by atoms with E-state index < -0.39 is 0 Å². The molecule has 0 fully saturated rings. The van der Waals surface area contributed by atoms with Gasteiger partial charge in [-0.15, -0.1) is 0 Å². The highest BCUT2D eigenvalue weighted by Gasteiger charge is 2.15. The number of carbonyl (C=O) groups is 1. The lowest BCUT2D eigenvalue weighted by molar-refractivity contribution is -0.120. The van der Waals surface area contributed by atoms with Gasteiger partial charge in [0.1, 0.15) is 5.75 Å². The average Bonchev–Trinajstić information content (AvgIpc) is 2.40. The minimum absolute atomic E-state index is 0.0216. The van der Waals surface area contributed by atoms with Gasteiger partial charge < -0.3 is 15.7 Å². The molecule has 1 amide bonds. The summed E-state index contributed by atoms with van der Waals surface area (Å²) < 4.78 is 0.912. The number of nitrogens with one attached hydrogen (secondary N) is 2. The van der Waals surface area contributed by atoms with Crippen LogP contribution in [-0.2, 0) is 4.79 Å². The molecule has 0 saturated carbocycles. The lowest BCUT2D eigenvalue weighted by Crippen LogP contribution is -2.37. The van der Waals surface area contributed by atoms with E-state index in [1.165, 1.54) is 0 Å². The van der Waals surface area contributed by atoms with Crippen molar-refractivity contribution in [3.8, 4) is 5.75 Å². The third-order valence-corrected chi connectivity index (χ3v) is 3.48. The van der Waals surface area contributed by atoms with Crippen LogP contribution in [-0.4, -0.2) is 24.1 Å². The van der Waals surface area contributed by atoms with E-state index in [2.05, 4.69) is 40.4 Å². The van der Waals surface area contributed by atoms with E-state index in [9.17, 15) is 9.90 Å². The van der Waals surface area contributed by atoms with Crippen molar-refractivity contribution in [2.45, 2.75) is 33.2 Å². The molecule has 0 aliphatic heterocycles. The molecule has 3 N–H and O–H groups in total. The Labute approximate surface area is 129 Å². The van der Waals surface area contributed by atoms with Crippen LogP contribution in [0.2, 0.25) is 0 Å². The summed E-state index contributed by atoms with van der Waals surface area (Å²) in [5.74, 6) is 0.664. The summed E-state index contributed by atoms with van der Waals surface area (Å²) in [5, 5.41) is 16.0. The number of benzene rings is 1. The molecule has 5 heteroatoms. The fourth-order valence-electron chi connectivity index (χ4n) is 1.88. The fraction of sp³-hybridized carbons (Fsp3) is 0.533. The van der Waals surface area contributed by atoms with Crippen molar-refractivity contribution in [3.63, 3.8) is 0 Å². The minimum Gasteiger partial charge on any atom is -0.508 e. The molecule has 4 nitrogen and oxygen atoms in total. The van der Waals surface area contributed by atoms with Crippen LogP contribution in [0.25, 0.3) is 0 Å². The van der Waals surface area contributed by atoms with Gasteiger partial charge in [0.15, 0.2) is 0 Å². The van der Waals surface area contributed by atoms with E-state index in [0.29, 0.717) is 12.5 Å². The summed E-state index contributed by atoms with van der Waals surface area (Å²) in [6, 6.07) is 5.28. The summed E-state index contributed by atoms with van der Waals surface area (Å²) in [7, 11) is 0. The number of halogens is 1. The van der Waals surface area contributed by atoms with Crippen LogP contribution in [0.5, 0.6) is 5.75 Å². The highest BCUT2D eigenvalue weighted by Crippen LogP contribution is 2.29. The maximum atomic E-state index is 11.7. The molecule has 0 aromatic heterocycles. The van der Waals surface area contributed by atoms with Crippen LogP contribution < -0.4 is 10.6 Å². The molecule has 1 atom stereocenters. The topological polar surface area (TPSA) is 61.4 Å². The molecule has 1 rings (SSSR count). The molecule has 0 aliphatic rings. The van der Waals surface area contributed by atoms with Gasteiger partial charge in [-0.25, -0.2) is 0 Å². The van der Waals surface area contributed by atoms with Gasteiger partial charge in [-0.3, -0.25) is 4.79 Å². The van der Waals surface area contributed by atoms with Crippen molar-refractivity contribution >= 4 is 21.8 Å². The molecule has 0 bridgehead atoms. The van der Waals surface area contributed by atoms with Gasteiger partial charge in [-0.1, -0.05) is 36.7 Å². The Balaban J connectivity index is 2.59. The second-order valence-electron chi connectivity index (χ2n) is 5.24. The maximum Gasteiger partial charge on any atom is 0.233 e. The molecule has 0 radical (unpaired) electrons. The first-order valence-corrected chi connectivity index (χ1v) is 7.71. The van der Waals surface area contributed by atoms with Gasteiger partial charge in [-0.05, 0) is 30.5 Å². The SMILES string of the molecule is CCC(NCC(=O)NCC(C)C)c1cc(Br)ccc1O. The maximum absolute atomic E-state index is 11.7. The summed E-state index contributed by atoms with van der Waals surface area (Å²) in [6.45, 7) is 7.06. The number of aromatic hydroxyl groups is 1. The van der Waals surface area contributed by atoms with E-state index >= 15 is 0 Å². The highest BCUT2D eigenvalue weighted by molar-refractivity contribution is 9.10. The zero-order valence-electron chi connectivity index (χ0n) is 12.2. The Hall–Kier alpha value is -1.07. The van der Waals surface area contributed by atoms with Crippen LogP contribution in [0.15, 0.2) is 22.7 Å². The third-order valence-electron chi connectivity index (χ3n) is 2.99. The first kappa shape index (κ1) is 17.0. The minimum atomic E-state index is -0.0442. The van der Waals surface area contributed by atoms with Gasteiger partial charge >= 0.3 is 0 Å². The average molecular weight is 343 g/mol. The van der Waals surface area contributed by atoms with Gasteiger partial charge in [0, 0.05) is 22.6 Å². The zero-order chi connectivity index (χ0) is 15.1. The first-order valence-electron chi connectivity index (χ1n) is 6.92. The number of hydrogen-bond acceptors (Lipinski definition) is 3. The van der Waals surface area contributed by atoms with Crippen LogP contribution >= 0.6 is 15.9 Å². The van der Waals surface area contributed by atoms with Crippen molar-refractivity contribution in [1.82, 2.24) is 10.6 Å². The number of hydrogen-bond donors (Lipinski definition) is 3. The van der Waals surface area contributed by atoms with E-state index in [1.54, 1.807) is 12.1 Å². The van der Waals surface area contributed by atoms with E-state index in [0.717, 1.165) is 16.5 Å². The molecule has 1 aromatic carbocycles. The Bertz CT molecular complexity index is 449. The van der Waals surface area contributed by atoms with Crippen LogP contribution in [0.4, 0.5) is 0 Å². The van der Waals surface area contributed by atoms with Crippen LogP contribution in [0.3, 0.4) is 0 Å². The largest absolute Gasteiger partial charge is 0.508 e. The molecule has 0 saturated heterocycles. The highest BCUT2D eigenvalue weighted by atomic mass is 79.9. The van der Waals surface area contributed by atoms with Gasteiger partial charge in [0.05, 0.1) is 6.54 Å². The number of phenolic OH excluding ortho intramolecular Hbond substituents is 1. The first-order chi connectivity index (χ1) is 9.43. The molecule has 1 aromatic rings. The third kappa shape index (κ3) is 5.51. The predicted octanol–water partition coefficient (Wildman–Crippen LogP) is 2.97. The molecule has 1 unspecified atom stereocenters. The molecular weight excluding hydrogens is 320 g/mol. The Morgan fingerprint density at radius 3 is 2.70 bits per heavy atom. The van der Waals surface area contributed by atoms with E-state index in [-0.39, 0.29) is 24.2 Å². The Morgan fingerprint density at radius 1 is 1.40 bits per heavy atom. The smallest absolute Gasteiger partial charge is 0.233 e. The van der Waals surface area contributed by atoms with Gasteiger partial charge in [-0.2, -0.15) is 0 Å². The van der Waals surface area contributed by atoms with E-state index in [1.807, 2.05) is 13.0 Å². The zero-order valence-corrected chi connectivity index (χ0v) is 13.8. The van der Waals surface area contributed by atoms with Crippen molar-refractivity contribution in [2.75, 3.05) is 13.1 Å². The quantitative estimate of drug-likeness (QED) is 0.713. The van der Waals surface area contributed by atoms with Crippen molar-refractivity contribution in [2.24, 2.45) is 5.92 Å². The lowest BCUT2D eigenvalue weighted by atomic mass is 10.0. The molecule has 0 aliphatic carbocycles. The predicted molar refractivity (Wildman–Crippen MR) is 84.7 cm³/mol. The van der Waals surface area contributed by atoms with Crippen molar-refractivity contribution < 1.29 is 9.90 Å². The van der Waals surface area contributed by atoms with E-state index in [4.69, 9.17) is 0 Å². The number of phenols is 1.